The molecule has 0 aromatic carbocycles. The second-order valence-electron chi connectivity index (χ2n) is 6.95. The molecule has 1 aliphatic rings. The number of halogens is 3. The van der Waals surface area contributed by atoms with E-state index in [1.165, 1.54) is 12.8 Å². The Kier molecular flexibility index (Phi) is 9.96. The highest BCUT2D eigenvalue weighted by Crippen LogP contribution is 2.36. The van der Waals surface area contributed by atoms with Gasteiger partial charge >= 0.3 is 11.9 Å². The lowest BCUT2D eigenvalue weighted by Crippen LogP contribution is -2.55. The molecule has 7 heteroatoms. The summed E-state index contributed by atoms with van der Waals surface area (Å²) < 4.78 is 48.0. The molecule has 0 radical (unpaired) electrons. The van der Waals surface area contributed by atoms with Gasteiger partial charge in [-0.05, 0) is 27.2 Å². The minimum Gasteiger partial charge on any atom is -0.459 e. The Hall–Kier alpha value is -1.53. The van der Waals surface area contributed by atoms with Crippen LogP contribution in [-0.4, -0.2) is 36.2 Å². The maximum absolute atomic E-state index is 13.1. The fourth-order valence-electron chi connectivity index (χ4n) is 1.86. The summed E-state index contributed by atoms with van der Waals surface area (Å²) in [6.07, 6.45) is 0.548. The van der Waals surface area contributed by atoms with Gasteiger partial charge in [-0.3, -0.25) is 4.79 Å². The maximum atomic E-state index is 13.1. The molecule has 4 nitrogen and oxygen atoms in total. The number of hydrogen-bond acceptors (Lipinski definition) is 4. The van der Waals surface area contributed by atoms with Gasteiger partial charge in [-0.25, -0.2) is 18.0 Å². The van der Waals surface area contributed by atoms with Gasteiger partial charge < -0.3 is 9.47 Å². The van der Waals surface area contributed by atoms with E-state index in [0.29, 0.717) is 13.3 Å². The summed E-state index contributed by atoms with van der Waals surface area (Å²) in [6, 6.07) is 0. The van der Waals surface area contributed by atoms with E-state index < -0.39 is 36.2 Å². The van der Waals surface area contributed by atoms with Crippen molar-refractivity contribution in [3.8, 4) is 0 Å². The first-order chi connectivity index (χ1) is 11.9. The smallest absolute Gasteiger partial charge is 0.351 e. The summed E-state index contributed by atoms with van der Waals surface area (Å²) in [7, 11) is 0. The van der Waals surface area contributed by atoms with Crippen molar-refractivity contribution in [2.45, 2.75) is 91.3 Å². The number of rotatable bonds is 8. The van der Waals surface area contributed by atoms with E-state index in [1.807, 2.05) is 20.8 Å². The summed E-state index contributed by atoms with van der Waals surface area (Å²) in [5.41, 5.74) is 0.624. The maximum Gasteiger partial charge on any atom is 0.351 e. The van der Waals surface area contributed by atoms with Gasteiger partial charge in [0, 0.05) is 13.3 Å². The molecular formula is C19H31F3O4. The van der Waals surface area contributed by atoms with Gasteiger partial charge in [0.25, 0.3) is 5.92 Å². The largest absolute Gasteiger partial charge is 0.459 e. The first kappa shape index (κ1) is 24.5. The quantitative estimate of drug-likeness (QED) is 0.432. The molecule has 2 unspecified atom stereocenters. The van der Waals surface area contributed by atoms with Crippen LogP contribution in [0.2, 0.25) is 0 Å². The average molecular weight is 380 g/mol. The minimum absolute atomic E-state index is 0.179. The Balaban J connectivity index is 0.00000141. The molecule has 26 heavy (non-hydrogen) atoms. The van der Waals surface area contributed by atoms with Crippen molar-refractivity contribution < 1.29 is 32.2 Å². The lowest BCUT2D eigenvalue weighted by Gasteiger charge is -2.38. The van der Waals surface area contributed by atoms with Crippen LogP contribution in [0.5, 0.6) is 0 Å². The van der Waals surface area contributed by atoms with Crippen molar-refractivity contribution in [3.63, 3.8) is 0 Å². The Morgan fingerprint density at radius 2 is 1.77 bits per heavy atom. The molecule has 0 bridgehead atoms. The van der Waals surface area contributed by atoms with Crippen molar-refractivity contribution in [1.82, 2.24) is 0 Å². The van der Waals surface area contributed by atoms with Gasteiger partial charge in [-0.1, -0.05) is 37.8 Å². The predicted molar refractivity (Wildman–Crippen MR) is 93.8 cm³/mol. The van der Waals surface area contributed by atoms with Crippen LogP contribution in [0.25, 0.3) is 0 Å². The second-order valence-corrected chi connectivity index (χ2v) is 6.95. The SMILES string of the molecule is CC(C)=C(C)CCC1(C(=O)OCC(F)C(C)(F)F)CC(=O)O1.CCCC. The van der Waals surface area contributed by atoms with E-state index >= 15 is 0 Å². The Morgan fingerprint density at radius 3 is 2.12 bits per heavy atom. The van der Waals surface area contributed by atoms with E-state index in [-0.39, 0.29) is 12.8 Å². The van der Waals surface area contributed by atoms with Crippen LogP contribution in [0.1, 0.15) is 73.6 Å². The number of ether oxygens (including phenoxy) is 2. The highest BCUT2D eigenvalue weighted by atomic mass is 19.3. The molecule has 0 amide bonds. The van der Waals surface area contributed by atoms with Gasteiger partial charge in [-0.2, -0.15) is 0 Å². The third-order valence-corrected chi connectivity index (χ3v) is 4.28. The van der Waals surface area contributed by atoms with Crippen LogP contribution in [0, 0.1) is 0 Å². The van der Waals surface area contributed by atoms with E-state index in [2.05, 4.69) is 18.6 Å². The first-order valence-electron chi connectivity index (χ1n) is 8.93. The normalized spacial score (nSPS) is 20.1. The summed E-state index contributed by atoms with van der Waals surface area (Å²) in [6.45, 7) is 9.39. The van der Waals surface area contributed by atoms with Crippen LogP contribution < -0.4 is 0 Å². The van der Waals surface area contributed by atoms with Crippen molar-refractivity contribution in [3.05, 3.63) is 11.1 Å². The highest BCUT2D eigenvalue weighted by Gasteiger charge is 2.54. The fraction of sp³-hybridized carbons (Fsp3) is 0.789. The number of esters is 2. The predicted octanol–water partition coefficient (Wildman–Crippen LogP) is 5.15. The lowest BCUT2D eigenvalue weighted by molar-refractivity contribution is -0.211. The van der Waals surface area contributed by atoms with Gasteiger partial charge in [-0.15, -0.1) is 0 Å². The zero-order valence-electron chi connectivity index (χ0n) is 16.6. The topological polar surface area (TPSA) is 52.6 Å². The zero-order valence-corrected chi connectivity index (χ0v) is 16.6. The molecule has 1 fully saturated rings. The first-order valence-corrected chi connectivity index (χ1v) is 8.93. The molecule has 0 aromatic heterocycles. The molecule has 0 saturated carbocycles. The number of alkyl halides is 3. The van der Waals surface area contributed by atoms with E-state index in [9.17, 15) is 22.8 Å². The van der Waals surface area contributed by atoms with Crippen molar-refractivity contribution in [2.75, 3.05) is 6.61 Å². The van der Waals surface area contributed by atoms with E-state index in [1.54, 1.807) is 0 Å². The van der Waals surface area contributed by atoms with Gasteiger partial charge in [0.05, 0.1) is 6.42 Å². The van der Waals surface area contributed by atoms with Crippen LogP contribution in [0.15, 0.2) is 11.1 Å². The Bertz CT molecular complexity index is 495. The van der Waals surface area contributed by atoms with Gasteiger partial charge in [0.2, 0.25) is 5.60 Å². The van der Waals surface area contributed by atoms with E-state index in [0.717, 1.165) is 11.1 Å². The van der Waals surface area contributed by atoms with Crippen molar-refractivity contribution >= 4 is 11.9 Å². The summed E-state index contributed by atoms with van der Waals surface area (Å²) in [4.78, 5) is 23.0. The third kappa shape index (κ3) is 7.79. The number of carbonyl (C=O) groups excluding carboxylic acids is 2. The molecule has 1 aliphatic heterocycles. The van der Waals surface area contributed by atoms with Gasteiger partial charge in [0.1, 0.15) is 6.61 Å². The summed E-state index contributed by atoms with van der Waals surface area (Å²) in [5, 5.41) is 0. The van der Waals surface area contributed by atoms with Crippen LogP contribution in [-0.2, 0) is 19.1 Å². The molecular weight excluding hydrogens is 349 g/mol. The number of carbonyl (C=O) groups is 2. The molecule has 0 aromatic rings. The van der Waals surface area contributed by atoms with Crippen molar-refractivity contribution in [2.24, 2.45) is 0 Å². The minimum atomic E-state index is -3.59. The van der Waals surface area contributed by atoms with Crippen LogP contribution >= 0.6 is 0 Å². The number of allylic oxidation sites excluding steroid dienone is 2. The van der Waals surface area contributed by atoms with Crippen LogP contribution in [0.3, 0.4) is 0 Å². The standard InChI is InChI=1S/C15H21F3O4.C4H10/c1-9(2)10(3)5-6-15(7-12(19)22-15)13(20)21-8-11(16)14(4,17)18;1-3-4-2/h11H,5-8H2,1-4H3;3-4H2,1-2H3. The van der Waals surface area contributed by atoms with E-state index in [4.69, 9.17) is 4.74 Å². The third-order valence-electron chi connectivity index (χ3n) is 4.28. The Morgan fingerprint density at radius 1 is 1.27 bits per heavy atom. The van der Waals surface area contributed by atoms with Gasteiger partial charge in [0.15, 0.2) is 6.17 Å². The molecule has 2 atom stereocenters. The fourth-order valence-corrected chi connectivity index (χ4v) is 1.86. The molecule has 0 N–H and O–H groups in total. The lowest BCUT2D eigenvalue weighted by atomic mass is 9.87. The van der Waals surface area contributed by atoms with Crippen molar-refractivity contribution in [1.29, 1.82) is 0 Å². The summed E-state index contributed by atoms with van der Waals surface area (Å²) in [5.74, 6) is -5.13. The zero-order chi connectivity index (χ0) is 20.5. The second kappa shape index (κ2) is 10.6. The number of hydrogen-bond donors (Lipinski definition) is 0. The molecule has 152 valence electrons. The monoisotopic (exact) mass is 380 g/mol. The number of unbranched alkanes of at least 4 members (excludes halogenated alkanes) is 1. The summed E-state index contributed by atoms with van der Waals surface area (Å²) >= 11 is 0. The Labute approximate surface area is 154 Å². The molecule has 1 rings (SSSR count). The molecule has 1 saturated heterocycles. The molecule has 0 spiro atoms. The highest BCUT2D eigenvalue weighted by molar-refractivity contribution is 5.93. The molecule has 0 aliphatic carbocycles. The van der Waals surface area contributed by atoms with Crippen LogP contribution in [0.4, 0.5) is 13.2 Å². The number of cyclic esters (lactones) is 1. The average Bonchev–Trinajstić information content (AvgIpc) is 2.53. The molecule has 1 heterocycles.